The molecule has 2 rings (SSSR count). The number of alkyl halides is 2. The summed E-state index contributed by atoms with van der Waals surface area (Å²) in [5.41, 5.74) is 0. The van der Waals surface area contributed by atoms with Gasteiger partial charge in [-0.1, -0.05) is 33.1 Å². The van der Waals surface area contributed by atoms with Gasteiger partial charge >= 0.3 is 0 Å². The smallest absolute Gasteiger partial charge is 0.261 e. The maximum Gasteiger partial charge on any atom is 0.261 e. The average Bonchev–Trinajstić information content (AvgIpc) is 2.88. The van der Waals surface area contributed by atoms with E-state index < -0.39 is 5.92 Å². The largest absolute Gasteiger partial charge is 0.300 e. The van der Waals surface area contributed by atoms with Gasteiger partial charge in [0, 0.05) is 13.0 Å². The van der Waals surface area contributed by atoms with Crippen molar-refractivity contribution >= 4 is 0 Å². The Kier molecular flexibility index (Phi) is 6.21. The van der Waals surface area contributed by atoms with Crippen LogP contribution in [-0.4, -0.2) is 31.0 Å². The zero-order valence-corrected chi connectivity index (χ0v) is 8.95. The lowest BCUT2D eigenvalue weighted by atomic mass is 10.3. The molecule has 3 heteroatoms. The summed E-state index contributed by atoms with van der Waals surface area (Å²) in [5, 5.41) is 0. The van der Waals surface area contributed by atoms with Crippen LogP contribution in [0.15, 0.2) is 0 Å². The van der Waals surface area contributed by atoms with Gasteiger partial charge in [0.05, 0.1) is 6.54 Å². The van der Waals surface area contributed by atoms with Gasteiger partial charge in [-0.05, 0) is 7.05 Å². The van der Waals surface area contributed by atoms with Crippen LogP contribution >= 0.6 is 0 Å². The molecular weight excluding hydrogens is 172 g/mol. The number of nitrogens with zero attached hydrogens (tertiary/aromatic N) is 1. The molecule has 13 heavy (non-hydrogen) atoms. The van der Waals surface area contributed by atoms with Crippen LogP contribution in [0.3, 0.4) is 0 Å². The molecule has 0 unspecified atom stereocenters. The topological polar surface area (TPSA) is 3.24 Å². The molecule has 1 saturated heterocycles. The van der Waals surface area contributed by atoms with Gasteiger partial charge in [-0.15, -0.1) is 0 Å². The minimum Gasteiger partial charge on any atom is -0.300 e. The van der Waals surface area contributed by atoms with Gasteiger partial charge in [-0.3, -0.25) is 0 Å². The van der Waals surface area contributed by atoms with Crippen molar-refractivity contribution in [2.24, 2.45) is 0 Å². The third kappa shape index (κ3) is 8.16. The van der Waals surface area contributed by atoms with E-state index in [-0.39, 0.29) is 13.0 Å². The summed E-state index contributed by atoms with van der Waals surface area (Å²) in [6.45, 7) is 4.47. The lowest BCUT2D eigenvalue weighted by Crippen LogP contribution is -2.21. The van der Waals surface area contributed by atoms with Crippen LogP contribution in [0.25, 0.3) is 0 Å². The van der Waals surface area contributed by atoms with E-state index >= 15 is 0 Å². The van der Waals surface area contributed by atoms with Crippen molar-refractivity contribution in [2.45, 2.75) is 45.5 Å². The quantitative estimate of drug-likeness (QED) is 0.571. The summed E-state index contributed by atoms with van der Waals surface area (Å²) in [5.74, 6) is -2.41. The van der Waals surface area contributed by atoms with Gasteiger partial charge in [0.15, 0.2) is 0 Å². The molecule has 0 bridgehead atoms. The van der Waals surface area contributed by atoms with Crippen LogP contribution in [0, 0.1) is 0 Å². The second-order valence-corrected chi connectivity index (χ2v) is 3.40. The van der Waals surface area contributed by atoms with Gasteiger partial charge in [0.2, 0.25) is 0 Å². The predicted octanol–water partition coefficient (Wildman–Crippen LogP) is 3.15. The molecule has 2 fully saturated rings. The molecule has 0 aromatic rings. The Morgan fingerprint density at radius 1 is 1.08 bits per heavy atom. The zero-order chi connectivity index (χ0) is 10.3. The van der Waals surface area contributed by atoms with Crippen LogP contribution in [0.5, 0.6) is 0 Å². The molecule has 1 aliphatic heterocycles. The summed E-state index contributed by atoms with van der Waals surface area (Å²) in [6, 6.07) is 0. The molecule has 80 valence electrons. The SMILES string of the molecule is C1CC1.CC.CN1CCC(F)(F)C1. The summed E-state index contributed by atoms with van der Waals surface area (Å²) in [7, 11) is 1.71. The van der Waals surface area contributed by atoms with E-state index in [2.05, 4.69) is 0 Å². The van der Waals surface area contributed by atoms with Crippen LogP contribution in [-0.2, 0) is 0 Å². The number of hydrogen-bond acceptors (Lipinski definition) is 1. The minimum absolute atomic E-state index is 0.0312. The molecular formula is C10H21F2N. The van der Waals surface area contributed by atoms with Crippen LogP contribution in [0.2, 0.25) is 0 Å². The summed E-state index contributed by atoms with van der Waals surface area (Å²) in [4.78, 5) is 1.64. The first-order valence-electron chi connectivity index (χ1n) is 5.16. The van der Waals surface area contributed by atoms with Crippen LogP contribution < -0.4 is 0 Å². The zero-order valence-electron chi connectivity index (χ0n) is 8.95. The highest BCUT2D eigenvalue weighted by atomic mass is 19.3. The molecule has 0 aromatic heterocycles. The van der Waals surface area contributed by atoms with E-state index in [1.54, 1.807) is 11.9 Å². The Labute approximate surface area is 80.1 Å². The Balaban J connectivity index is 0.000000239. The molecule has 2 aliphatic rings. The third-order valence-corrected chi connectivity index (χ3v) is 1.71. The highest BCUT2D eigenvalue weighted by Gasteiger charge is 2.35. The molecule has 1 nitrogen and oxygen atoms in total. The van der Waals surface area contributed by atoms with Crippen LogP contribution in [0.1, 0.15) is 39.5 Å². The first kappa shape index (κ1) is 12.8. The van der Waals surface area contributed by atoms with Crippen molar-refractivity contribution in [1.82, 2.24) is 4.90 Å². The highest BCUT2D eigenvalue weighted by Crippen LogP contribution is 2.24. The maximum atomic E-state index is 12.2. The molecule has 0 radical (unpaired) electrons. The lowest BCUT2D eigenvalue weighted by molar-refractivity contribution is 0.0146. The molecule has 1 saturated carbocycles. The van der Waals surface area contributed by atoms with Gasteiger partial charge in [0.25, 0.3) is 5.92 Å². The molecule has 0 atom stereocenters. The second kappa shape index (κ2) is 6.30. The molecule has 0 spiro atoms. The predicted molar refractivity (Wildman–Crippen MR) is 52.3 cm³/mol. The summed E-state index contributed by atoms with van der Waals surface area (Å²) < 4.78 is 24.3. The van der Waals surface area contributed by atoms with E-state index in [4.69, 9.17) is 0 Å². The lowest BCUT2D eigenvalue weighted by Gasteiger charge is -2.06. The van der Waals surface area contributed by atoms with Gasteiger partial charge in [-0.25, -0.2) is 8.78 Å². The molecule has 1 aliphatic carbocycles. The Morgan fingerprint density at radius 2 is 1.54 bits per heavy atom. The van der Waals surface area contributed by atoms with Crippen LogP contribution in [0.4, 0.5) is 8.78 Å². The van der Waals surface area contributed by atoms with Gasteiger partial charge in [0.1, 0.15) is 0 Å². The fraction of sp³-hybridized carbons (Fsp3) is 1.00. The van der Waals surface area contributed by atoms with E-state index in [1.165, 1.54) is 19.3 Å². The normalized spacial score (nSPS) is 23.8. The second-order valence-electron chi connectivity index (χ2n) is 3.40. The Morgan fingerprint density at radius 3 is 1.62 bits per heavy atom. The first-order chi connectivity index (χ1) is 6.10. The van der Waals surface area contributed by atoms with E-state index in [1.807, 2.05) is 13.8 Å². The van der Waals surface area contributed by atoms with Crippen molar-refractivity contribution in [3.63, 3.8) is 0 Å². The fourth-order valence-electron chi connectivity index (χ4n) is 0.907. The number of rotatable bonds is 0. The Bertz CT molecular complexity index is 121. The number of halogens is 2. The van der Waals surface area contributed by atoms with Crippen molar-refractivity contribution < 1.29 is 8.78 Å². The van der Waals surface area contributed by atoms with Gasteiger partial charge in [-0.2, -0.15) is 0 Å². The van der Waals surface area contributed by atoms with E-state index in [0.717, 1.165) is 0 Å². The van der Waals surface area contributed by atoms with E-state index in [9.17, 15) is 8.78 Å². The molecule has 0 aromatic carbocycles. The molecule has 0 N–H and O–H groups in total. The summed E-state index contributed by atoms with van der Waals surface area (Å²) in [6.07, 6.45) is 4.53. The summed E-state index contributed by atoms with van der Waals surface area (Å²) >= 11 is 0. The number of hydrogen-bond donors (Lipinski definition) is 0. The minimum atomic E-state index is -2.41. The van der Waals surface area contributed by atoms with Crippen molar-refractivity contribution in [1.29, 1.82) is 0 Å². The van der Waals surface area contributed by atoms with Crippen molar-refractivity contribution in [2.75, 3.05) is 20.1 Å². The number of likely N-dealkylation sites (tertiary alicyclic amines) is 1. The van der Waals surface area contributed by atoms with E-state index in [0.29, 0.717) is 6.54 Å². The van der Waals surface area contributed by atoms with Crippen molar-refractivity contribution in [3.8, 4) is 0 Å². The monoisotopic (exact) mass is 193 g/mol. The van der Waals surface area contributed by atoms with Crippen molar-refractivity contribution in [3.05, 3.63) is 0 Å². The highest BCUT2D eigenvalue weighted by molar-refractivity contribution is 4.78. The maximum absolute atomic E-state index is 12.2. The third-order valence-electron chi connectivity index (χ3n) is 1.71. The standard InChI is InChI=1S/C5H9F2N.C3H6.C2H6/c1-8-3-2-5(6,7)4-8;1-2-3-1;1-2/h2-4H2,1H3;1-3H2;1-2H3. The molecule has 0 amide bonds. The fourth-order valence-corrected chi connectivity index (χ4v) is 0.907. The average molecular weight is 193 g/mol. The Hall–Kier alpha value is -0.180. The molecule has 1 heterocycles. The van der Waals surface area contributed by atoms with Gasteiger partial charge < -0.3 is 4.90 Å². The first-order valence-corrected chi connectivity index (χ1v) is 5.16.